The van der Waals surface area contributed by atoms with Gasteiger partial charge in [-0.25, -0.2) is 4.79 Å². The van der Waals surface area contributed by atoms with Crippen LogP contribution in [0.2, 0.25) is 5.02 Å². The van der Waals surface area contributed by atoms with Crippen molar-refractivity contribution in [3.05, 3.63) is 70.2 Å². The van der Waals surface area contributed by atoms with E-state index in [2.05, 4.69) is 0 Å². The predicted molar refractivity (Wildman–Crippen MR) is 71.8 cm³/mol. The summed E-state index contributed by atoms with van der Waals surface area (Å²) in [6, 6.07) is 14.6. The first-order chi connectivity index (χ1) is 8.66. The molecule has 0 aliphatic rings. The first-order valence-corrected chi connectivity index (χ1v) is 6.02. The lowest BCUT2D eigenvalue weighted by molar-refractivity contribution is 0.0473. The second-order valence-electron chi connectivity index (χ2n) is 4.03. The molecule has 2 aromatic carbocycles. The Bertz CT molecular complexity index is 547. The minimum Gasteiger partial charge on any atom is -0.457 e. The van der Waals surface area contributed by atoms with Crippen LogP contribution in [0.3, 0.4) is 0 Å². The van der Waals surface area contributed by atoms with Gasteiger partial charge in [-0.3, -0.25) is 0 Å². The second-order valence-corrected chi connectivity index (χ2v) is 4.44. The first kappa shape index (κ1) is 12.7. The molecule has 0 atom stereocenters. The van der Waals surface area contributed by atoms with Crippen molar-refractivity contribution < 1.29 is 9.53 Å². The van der Waals surface area contributed by atoms with Crippen LogP contribution in [-0.4, -0.2) is 5.97 Å². The van der Waals surface area contributed by atoms with Gasteiger partial charge in [0.25, 0.3) is 0 Å². The van der Waals surface area contributed by atoms with Crippen LogP contribution < -0.4 is 0 Å². The van der Waals surface area contributed by atoms with Gasteiger partial charge >= 0.3 is 5.97 Å². The Morgan fingerprint density at radius 3 is 2.44 bits per heavy atom. The lowest BCUT2D eigenvalue weighted by Gasteiger charge is -2.06. The van der Waals surface area contributed by atoms with Crippen molar-refractivity contribution in [2.45, 2.75) is 13.5 Å². The number of rotatable bonds is 3. The number of halogens is 1. The quantitative estimate of drug-likeness (QED) is 0.780. The van der Waals surface area contributed by atoms with E-state index >= 15 is 0 Å². The van der Waals surface area contributed by atoms with E-state index in [4.69, 9.17) is 16.3 Å². The summed E-state index contributed by atoms with van der Waals surface area (Å²) in [4.78, 5) is 11.8. The van der Waals surface area contributed by atoms with Gasteiger partial charge < -0.3 is 4.74 Å². The van der Waals surface area contributed by atoms with Crippen molar-refractivity contribution in [2.24, 2.45) is 0 Å². The van der Waals surface area contributed by atoms with Crippen molar-refractivity contribution in [1.29, 1.82) is 0 Å². The zero-order chi connectivity index (χ0) is 13.0. The van der Waals surface area contributed by atoms with Crippen LogP contribution in [0.1, 0.15) is 21.5 Å². The molecule has 0 radical (unpaired) electrons. The lowest BCUT2D eigenvalue weighted by atomic mass is 10.1. The Balaban J connectivity index is 2.01. The number of aryl methyl sites for hydroxylation is 1. The molecule has 0 saturated carbocycles. The van der Waals surface area contributed by atoms with Crippen LogP contribution in [0, 0.1) is 6.92 Å². The maximum atomic E-state index is 11.8. The predicted octanol–water partition coefficient (Wildman–Crippen LogP) is 4.01. The van der Waals surface area contributed by atoms with E-state index in [9.17, 15) is 4.79 Å². The van der Waals surface area contributed by atoms with E-state index in [-0.39, 0.29) is 12.6 Å². The second kappa shape index (κ2) is 5.69. The third kappa shape index (κ3) is 3.11. The molecule has 2 aromatic rings. The van der Waals surface area contributed by atoms with Crippen molar-refractivity contribution in [1.82, 2.24) is 0 Å². The van der Waals surface area contributed by atoms with Gasteiger partial charge in [0.15, 0.2) is 0 Å². The molecule has 0 amide bonds. The Hall–Kier alpha value is -1.80. The SMILES string of the molecule is Cc1ccc(C(=O)OCc2ccccc2Cl)cc1. The van der Waals surface area contributed by atoms with Gasteiger partial charge in [0.1, 0.15) is 6.61 Å². The molecule has 0 N–H and O–H groups in total. The fraction of sp³-hybridized carbons (Fsp3) is 0.133. The van der Waals surface area contributed by atoms with Crippen LogP contribution in [0.25, 0.3) is 0 Å². The zero-order valence-corrected chi connectivity index (χ0v) is 10.8. The van der Waals surface area contributed by atoms with E-state index in [1.807, 2.05) is 37.3 Å². The summed E-state index contributed by atoms with van der Waals surface area (Å²) in [5, 5.41) is 0.606. The number of carbonyl (C=O) groups is 1. The van der Waals surface area contributed by atoms with E-state index < -0.39 is 0 Å². The molecule has 0 spiro atoms. The van der Waals surface area contributed by atoms with E-state index in [1.165, 1.54) is 0 Å². The zero-order valence-electron chi connectivity index (χ0n) is 10.0. The lowest BCUT2D eigenvalue weighted by Crippen LogP contribution is -2.05. The number of esters is 1. The largest absolute Gasteiger partial charge is 0.457 e. The summed E-state index contributed by atoms with van der Waals surface area (Å²) >= 11 is 5.98. The van der Waals surface area contributed by atoms with Gasteiger partial charge in [0.2, 0.25) is 0 Å². The highest BCUT2D eigenvalue weighted by Gasteiger charge is 2.07. The highest BCUT2D eigenvalue weighted by Crippen LogP contribution is 2.16. The number of hydrogen-bond acceptors (Lipinski definition) is 2. The molecular weight excluding hydrogens is 248 g/mol. The van der Waals surface area contributed by atoms with Gasteiger partial charge in [-0.05, 0) is 25.1 Å². The fourth-order valence-corrected chi connectivity index (χ4v) is 1.72. The number of benzene rings is 2. The minimum absolute atomic E-state index is 0.187. The maximum absolute atomic E-state index is 11.8. The van der Waals surface area contributed by atoms with Crippen molar-refractivity contribution in [3.8, 4) is 0 Å². The molecule has 18 heavy (non-hydrogen) atoms. The van der Waals surface area contributed by atoms with Crippen LogP contribution in [-0.2, 0) is 11.3 Å². The van der Waals surface area contributed by atoms with Gasteiger partial charge in [0, 0.05) is 10.6 Å². The summed E-state index contributed by atoms with van der Waals surface area (Å²) in [6.07, 6.45) is 0. The first-order valence-electron chi connectivity index (χ1n) is 5.64. The molecule has 0 saturated heterocycles. The normalized spacial score (nSPS) is 10.1. The van der Waals surface area contributed by atoms with Gasteiger partial charge in [-0.1, -0.05) is 47.5 Å². The van der Waals surface area contributed by atoms with Crippen LogP contribution in [0.15, 0.2) is 48.5 Å². The molecule has 0 bridgehead atoms. The van der Waals surface area contributed by atoms with Crippen LogP contribution in [0.5, 0.6) is 0 Å². The highest BCUT2D eigenvalue weighted by atomic mass is 35.5. The standard InChI is InChI=1S/C15H13ClO2/c1-11-6-8-12(9-7-11)15(17)18-10-13-4-2-3-5-14(13)16/h2-9H,10H2,1H3. The smallest absolute Gasteiger partial charge is 0.338 e. The Labute approximate surface area is 111 Å². The summed E-state index contributed by atoms with van der Waals surface area (Å²) in [7, 11) is 0. The monoisotopic (exact) mass is 260 g/mol. The molecule has 2 nitrogen and oxygen atoms in total. The summed E-state index contributed by atoms with van der Waals surface area (Å²) < 4.78 is 5.21. The molecule has 0 heterocycles. The van der Waals surface area contributed by atoms with Gasteiger partial charge in [-0.2, -0.15) is 0 Å². The molecule has 0 aliphatic carbocycles. The molecule has 0 aromatic heterocycles. The van der Waals surface area contributed by atoms with Crippen molar-refractivity contribution >= 4 is 17.6 Å². The van der Waals surface area contributed by atoms with E-state index in [0.29, 0.717) is 10.6 Å². The maximum Gasteiger partial charge on any atom is 0.338 e. The molecule has 0 aliphatic heterocycles. The minimum atomic E-state index is -0.338. The van der Waals surface area contributed by atoms with Crippen LogP contribution in [0.4, 0.5) is 0 Å². The average Bonchev–Trinajstić information content (AvgIpc) is 2.38. The number of ether oxygens (including phenoxy) is 1. The summed E-state index contributed by atoms with van der Waals surface area (Å²) in [5.41, 5.74) is 2.46. The fourth-order valence-electron chi connectivity index (χ4n) is 1.53. The third-order valence-corrected chi connectivity index (χ3v) is 2.97. The third-order valence-electron chi connectivity index (χ3n) is 2.60. The van der Waals surface area contributed by atoms with Crippen LogP contribution >= 0.6 is 11.6 Å². The molecule has 92 valence electrons. The Morgan fingerprint density at radius 1 is 1.11 bits per heavy atom. The van der Waals surface area contributed by atoms with E-state index in [1.54, 1.807) is 18.2 Å². The number of carbonyl (C=O) groups excluding carboxylic acids is 1. The number of hydrogen-bond donors (Lipinski definition) is 0. The molecule has 0 unspecified atom stereocenters. The average molecular weight is 261 g/mol. The summed E-state index contributed by atoms with van der Waals surface area (Å²) in [6.45, 7) is 2.16. The molecule has 2 rings (SSSR count). The van der Waals surface area contributed by atoms with Crippen molar-refractivity contribution in [2.75, 3.05) is 0 Å². The molecule has 0 fully saturated rings. The molecule has 3 heteroatoms. The topological polar surface area (TPSA) is 26.3 Å². The molecular formula is C15H13ClO2. The Morgan fingerprint density at radius 2 is 1.78 bits per heavy atom. The highest BCUT2D eigenvalue weighted by molar-refractivity contribution is 6.31. The van der Waals surface area contributed by atoms with E-state index in [0.717, 1.165) is 11.1 Å². The summed E-state index contributed by atoms with van der Waals surface area (Å²) in [5.74, 6) is -0.338. The van der Waals surface area contributed by atoms with Crippen molar-refractivity contribution in [3.63, 3.8) is 0 Å². The van der Waals surface area contributed by atoms with Gasteiger partial charge in [-0.15, -0.1) is 0 Å². The van der Waals surface area contributed by atoms with Gasteiger partial charge in [0.05, 0.1) is 5.56 Å². The Kier molecular flexibility index (Phi) is 4.00.